The summed E-state index contributed by atoms with van der Waals surface area (Å²) >= 11 is 0. The summed E-state index contributed by atoms with van der Waals surface area (Å²) in [7, 11) is 1.75. The molecule has 1 aliphatic rings. The summed E-state index contributed by atoms with van der Waals surface area (Å²) in [6.45, 7) is 18.4. The van der Waals surface area contributed by atoms with Crippen molar-refractivity contribution in [1.29, 1.82) is 0 Å². The number of nitrogens with one attached hydrogen (secondary N) is 1. The zero-order valence-electron chi connectivity index (χ0n) is 21.1. The van der Waals surface area contributed by atoms with Gasteiger partial charge in [0.15, 0.2) is 0 Å². The van der Waals surface area contributed by atoms with E-state index in [0.29, 0.717) is 23.0 Å². The van der Waals surface area contributed by atoms with Crippen molar-refractivity contribution in [2.24, 2.45) is 17.3 Å². The molecule has 0 bridgehead atoms. The number of amidine groups is 1. The summed E-state index contributed by atoms with van der Waals surface area (Å²) in [5.74, 6) is 0.948. The number of benzene rings is 1. The Labute approximate surface area is 198 Å². The van der Waals surface area contributed by atoms with E-state index in [2.05, 4.69) is 71.8 Å². The molecule has 1 aliphatic heterocycles. The molecule has 1 fully saturated rings. The molecule has 8 heteroatoms. The molecule has 3 rings (SSSR count). The first kappa shape index (κ1) is 26.3. The first-order valence-electron chi connectivity index (χ1n) is 11.5. The average molecular weight is 454 g/mol. The van der Waals surface area contributed by atoms with Gasteiger partial charge in [0.1, 0.15) is 17.3 Å². The van der Waals surface area contributed by atoms with Crippen molar-refractivity contribution in [3.8, 4) is 17.0 Å². The molecule has 1 aromatic carbocycles. The normalized spacial score (nSPS) is 17.1. The minimum Gasteiger partial charge on any atom is -0.507 e. The third-order valence-electron chi connectivity index (χ3n) is 4.95. The van der Waals surface area contributed by atoms with Gasteiger partial charge in [0.05, 0.1) is 11.9 Å². The van der Waals surface area contributed by atoms with E-state index in [0.717, 1.165) is 30.9 Å². The lowest BCUT2D eigenvalue weighted by Crippen LogP contribution is -2.45. The monoisotopic (exact) mass is 453 g/mol. The molecule has 8 nitrogen and oxygen atoms in total. The number of hydrogen-bond donors (Lipinski definition) is 2. The molecule has 0 radical (unpaired) electrons. The quantitative estimate of drug-likeness (QED) is 0.398. The highest BCUT2D eigenvalue weighted by molar-refractivity contribution is 6.10. The Kier molecular flexibility index (Phi) is 9.34. The van der Waals surface area contributed by atoms with Crippen LogP contribution in [-0.4, -0.2) is 61.2 Å². The summed E-state index contributed by atoms with van der Waals surface area (Å²) in [6, 6.07) is 5.76. The van der Waals surface area contributed by atoms with E-state index in [1.165, 1.54) is 11.2 Å². The summed E-state index contributed by atoms with van der Waals surface area (Å²) in [6.07, 6.45) is 5.58. The van der Waals surface area contributed by atoms with E-state index < -0.39 is 0 Å². The Morgan fingerprint density at radius 2 is 2.00 bits per heavy atom. The number of allylic oxidation sites excluding steroid dienone is 1. The van der Waals surface area contributed by atoms with Crippen LogP contribution in [0.2, 0.25) is 0 Å². The Bertz CT molecular complexity index is 985. The lowest BCUT2D eigenvalue weighted by molar-refractivity contribution is 0.360. The van der Waals surface area contributed by atoms with Gasteiger partial charge in [0.2, 0.25) is 0 Å². The molecule has 0 amide bonds. The third-order valence-corrected chi connectivity index (χ3v) is 4.95. The smallest absolute Gasteiger partial charge is 0.125 e. The second-order valence-corrected chi connectivity index (χ2v) is 9.32. The second-order valence-electron chi connectivity index (χ2n) is 9.32. The largest absolute Gasteiger partial charge is 0.507 e. The van der Waals surface area contributed by atoms with Gasteiger partial charge in [-0.1, -0.05) is 32.9 Å². The summed E-state index contributed by atoms with van der Waals surface area (Å²) in [5, 5.41) is 31.3. The topological polar surface area (TPSA) is 90.9 Å². The Balaban J connectivity index is 0.00000122. The van der Waals surface area contributed by atoms with Crippen molar-refractivity contribution >= 4 is 11.5 Å². The van der Waals surface area contributed by atoms with Crippen LogP contribution in [0.5, 0.6) is 5.75 Å². The van der Waals surface area contributed by atoms with Crippen molar-refractivity contribution in [2.75, 3.05) is 13.1 Å². The van der Waals surface area contributed by atoms with Crippen LogP contribution < -0.4 is 5.32 Å². The maximum atomic E-state index is 10.5. The van der Waals surface area contributed by atoms with Crippen LogP contribution >= 0.6 is 0 Å². The second kappa shape index (κ2) is 11.7. The van der Waals surface area contributed by atoms with Gasteiger partial charge in [-0.3, -0.25) is 0 Å². The summed E-state index contributed by atoms with van der Waals surface area (Å²) < 4.78 is 0. The molecule has 2 aromatic rings. The van der Waals surface area contributed by atoms with E-state index in [1.807, 2.05) is 13.0 Å². The molecule has 1 saturated heterocycles. The van der Waals surface area contributed by atoms with Gasteiger partial charge in [0, 0.05) is 42.8 Å². The molecule has 0 spiro atoms. The van der Waals surface area contributed by atoms with Crippen molar-refractivity contribution < 1.29 is 5.11 Å². The molecule has 33 heavy (non-hydrogen) atoms. The van der Waals surface area contributed by atoms with Crippen LogP contribution in [0, 0.1) is 0 Å². The zero-order chi connectivity index (χ0) is 24.6. The van der Waals surface area contributed by atoms with Gasteiger partial charge in [-0.25, -0.2) is 0 Å². The van der Waals surface area contributed by atoms with Crippen molar-refractivity contribution in [1.82, 2.24) is 25.2 Å². The number of rotatable bonds is 5. The Hall–Kier alpha value is -3.00. The molecular weight excluding hydrogens is 414 g/mol. The number of phenols is 1. The van der Waals surface area contributed by atoms with E-state index in [1.54, 1.807) is 31.5 Å². The number of hydrogen-bond acceptors (Lipinski definition) is 6. The molecule has 0 aliphatic carbocycles. The van der Waals surface area contributed by atoms with Gasteiger partial charge in [-0.2, -0.15) is 15.0 Å². The highest BCUT2D eigenvalue weighted by Gasteiger charge is 2.26. The van der Waals surface area contributed by atoms with Crippen LogP contribution in [0.4, 0.5) is 0 Å². The molecule has 0 saturated carbocycles. The SMILES string of the molecule is C=C/C(=N\N=C(/C)N1CCC(NC(C)(C)C)C1)c1ccc(-c2cnn(C)n2)cc1O.CCC. The van der Waals surface area contributed by atoms with Gasteiger partial charge in [-0.05, 0) is 52.3 Å². The molecule has 1 aromatic heterocycles. The third kappa shape index (κ3) is 7.82. The molecule has 1 atom stereocenters. The molecule has 2 N–H and O–H groups in total. The van der Waals surface area contributed by atoms with Crippen LogP contribution in [0.25, 0.3) is 11.3 Å². The fraction of sp³-hybridized carbons (Fsp3) is 0.520. The maximum absolute atomic E-state index is 10.5. The molecule has 1 unspecified atom stereocenters. The van der Waals surface area contributed by atoms with E-state index >= 15 is 0 Å². The van der Waals surface area contributed by atoms with E-state index in [9.17, 15) is 5.11 Å². The minimum atomic E-state index is 0.0922. The lowest BCUT2D eigenvalue weighted by Gasteiger charge is -2.26. The number of likely N-dealkylation sites (tertiary alicyclic amines) is 1. The molecular formula is C25H39N7O. The first-order valence-corrected chi connectivity index (χ1v) is 11.5. The van der Waals surface area contributed by atoms with Crippen LogP contribution in [0.15, 0.2) is 47.3 Å². The van der Waals surface area contributed by atoms with Crippen LogP contribution in [0.3, 0.4) is 0 Å². The average Bonchev–Trinajstić information content (AvgIpc) is 3.37. The standard InChI is InChI=1S/C22H31N7O.C3H8/c1-7-19(18-9-8-16(12-21(18)30)20-13-23-28(6)27-20)26-25-15(2)29-11-10-17(14-29)24-22(3,4)5;1-3-2/h7-9,12-13,17,24,30H,1,10-11,14H2,2-6H3;3H2,1-2H3/b25-15+,26-19+;. The van der Waals surface area contributed by atoms with Crippen LogP contribution in [0.1, 0.15) is 59.9 Å². The number of aromatic nitrogens is 3. The van der Waals surface area contributed by atoms with Gasteiger partial charge in [0.25, 0.3) is 0 Å². The number of nitrogens with zero attached hydrogens (tertiary/aromatic N) is 6. The zero-order valence-corrected chi connectivity index (χ0v) is 21.1. The first-order chi connectivity index (χ1) is 15.6. The Morgan fingerprint density at radius 1 is 1.30 bits per heavy atom. The highest BCUT2D eigenvalue weighted by Crippen LogP contribution is 2.26. The number of phenolic OH excluding ortho intramolecular Hbond substituents is 1. The lowest BCUT2D eigenvalue weighted by atomic mass is 10.0. The minimum absolute atomic E-state index is 0.0922. The van der Waals surface area contributed by atoms with Crippen molar-refractivity contribution in [2.45, 2.75) is 66.0 Å². The summed E-state index contributed by atoms with van der Waals surface area (Å²) in [4.78, 5) is 3.71. The van der Waals surface area contributed by atoms with Crippen molar-refractivity contribution in [3.63, 3.8) is 0 Å². The van der Waals surface area contributed by atoms with Gasteiger partial charge < -0.3 is 15.3 Å². The Morgan fingerprint density at radius 3 is 2.55 bits per heavy atom. The number of aromatic hydroxyl groups is 1. The highest BCUT2D eigenvalue weighted by atomic mass is 16.3. The fourth-order valence-electron chi connectivity index (χ4n) is 3.56. The number of aryl methyl sites for hydroxylation is 1. The van der Waals surface area contributed by atoms with Crippen molar-refractivity contribution in [3.05, 3.63) is 42.6 Å². The molecule has 180 valence electrons. The predicted molar refractivity (Wildman–Crippen MR) is 137 cm³/mol. The van der Waals surface area contributed by atoms with Gasteiger partial charge >= 0.3 is 0 Å². The molecule has 2 heterocycles. The van der Waals surface area contributed by atoms with E-state index in [4.69, 9.17) is 0 Å². The maximum Gasteiger partial charge on any atom is 0.125 e. The van der Waals surface area contributed by atoms with Gasteiger partial charge in [-0.15, -0.1) is 10.2 Å². The van der Waals surface area contributed by atoms with E-state index in [-0.39, 0.29) is 11.3 Å². The predicted octanol–water partition coefficient (Wildman–Crippen LogP) is 4.37. The fourth-order valence-corrected chi connectivity index (χ4v) is 3.56. The van der Waals surface area contributed by atoms with Crippen LogP contribution in [-0.2, 0) is 7.05 Å². The summed E-state index contributed by atoms with van der Waals surface area (Å²) in [5.41, 5.74) is 2.65.